The average Bonchev–Trinajstić information content (AvgIpc) is 2.27. The van der Waals surface area contributed by atoms with E-state index in [0.717, 1.165) is 36.3 Å². The molecule has 1 rings (SSSR count). The number of unbranched alkanes of at least 4 members (excludes halogenated alkanes) is 1. The Labute approximate surface area is 99.7 Å². The zero-order chi connectivity index (χ0) is 10.9. The minimum absolute atomic E-state index is 0.679. The largest absolute Gasteiger partial charge is 0.493 e. The molecule has 1 aromatic rings. The van der Waals surface area contributed by atoms with Gasteiger partial charge in [0.05, 0.1) is 13.2 Å². The minimum Gasteiger partial charge on any atom is -0.493 e. The number of ether oxygens (including phenoxy) is 2. The summed E-state index contributed by atoms with van der Waals surface area (Å²) >= 11 is 3.32. The van der Waals surface area contributed by atoms with E-state index in [1.807, 2.05) is 24.3 Å². The molecule has 0 heterocycles. The predicted molar refractivity (Wildman–Crippen MR) is 66.1 cm³/mol. The van der Waals surface area contributed by atoms with Crippen LogP contribution in [-0.4, -0.2) is 18.5 Å². The summed E-state index contributed by atoms with van der Waals surface area (Å²) in [5, 5.41) is 0.841. The number of halogens is 1. The fourth-order valence-corrected chi connectivity index (χ4v) is 1.31. The Kier molecular flexibility index (Phi) is 6.25. The number of alkyl halides is 1. The summed E-state index contributed by atoms with van der Waals surface area (Å²) in [6.45, 7) is 3.61. The Balaban J connectivity index is 2.42. The molecule has 3 heteroatoms. The van der Waals surface area contributed by atoms with Gasteiger partial charge in [-0.05, 0) is 18.6 Å². The molecule has 0 saturated heterocycles. The molecule has 1 aromatic carbocycles. The lowest BCUT2D eigenvalue weighted by Gasteiger charge is -2.08. The van der Waals surface area contributed by atoms with Gasteiger partial charge in [0.2, 0.25) is 0 Å². The highest BCUT2D eigenvalue weighted by Gasteiger charge is 1.97. The van der Waals surface area contributed by atoms with E-state index in [1.165, 1.54) is 0 Å². The molecule has 0 amide bonds. The molecule has 0 atom stereocenters. The van der Waals surface area contributed by atoms with E-state index >= 15 is 0 Å². The van der Waals surface area contributed by atoms with E-state index in [9.17, 15) is 0 Å². The van der Waals surface area contributed by atoms with Crippen LogP contribution in [0.1, 0.15) is 19.8 Å². The number of rotatable bonds is 7. The van der Waals surface area contributed by atoms with Gasteiger partial charge in [0, 0.05) is 11.4 Å². The van der Waals surface area contributed by atoms with Gasteiger partial charge in [0.15, 0.2) is 0 Å². The highest BCUT2D eigenvalue weighted by Crippen LogP contribution is 2.19. The van der Waals surface area contributed by atoms with E-state index < -0.39 is 0 Å². The summed E-state index contributed by atoms with van der Waals surface area (Å²) in [5.74, 6) is 1.75. The number of hydrogen-bond donors (Lipinski definition) is 0. The monoisotopic (exact) mass is 272 g/mol. The van der Waals surface area contributed by atoms with Gasteiger partial charge in [-0.25, -0.2) is 0 Å². The minimum atomic E-state index is 0.679. The Bertz CT molecular complexity index is 276. The molecule has 0 fully saturated rings. The quantitative estimate of drug-likeness (QED) is 0.557. The third kappa shape index (κ3) is 5.07. The Morgan fingerprint density at radius 1 is 1.13 bits per heavy atom. The van der Waals surface area contributed by atoms with Crippen LogP contribution in [0.15, 0.2) is 24.3 Å². The van der Waals surface area contributed by atoms with E-state index in [2.05, 4.69) is 22.9 Å². The second-order valence-electron chi connectivity index (χ2n) is 3.21. The van der Waals surface area contributed by atoms with Crippen molar-refractivity contribution in [3.63, 3.8) is 0 Å². The van der Waals surface area contributed by atoms with Crippen molar-refractivity contribution in [2.75, 3.05) is 18.5 Å². The summed E-state index contributed by atoms with van der Waals surface area (Å²) in [4.78, 5) is 0. The molecule has 15 heavy (non-hydrogen) atoms. The molecule has 84 valence electrons. The van der Waals surface area contributed by atoms with Gasteiger partial charge in [-0.15, -0.1) is 0 Å². The smallest absolute Gasteiger partial charge is 0.123 e. The van der Waals surface area contributed by atoms with Gasteiger partial charge in [-0.1, -0.05) is 35.3 Å². The molecule has 0 unspecified atom stereocenters. The molecule has 0 aliphatic carbocycles. The molecule has 0 aromatic heterocycles. The molecule has 0 radical (unpaired) electrons. The SMILES string of the molecule is CCCCOc1cccc(OCCBr)c1. The van der Waals surface area contributed by atoms with Crippen LogP contribution in [0.3, 0.4) is 0 Å². The molecule has 0 N–H and O–H groups in total. The molecule has 0 spiro atoms. The van der Waals surface area contributed by atoms with Crippen LogP contribution in [0.4, 0.5) is 0 Å². The van der Waals surface area contributed by atoms with E-state index in [1.54, 1.807) is 0 Å². The van der Waals surface area contributed by atoms with Crippen molar-refractivity contribution in [3.05, 3.63) is 24.3 Å². The topological polar surface area (TPSA) is 18.5 Å². The first-order valence-electron chi connectivity index (χ1n) is 5.28. The van der Waals surface area contributed by atoms with Crippen LogP contribution in [0.2, 0.25) is 0 Å². The predicted octanol–water partition coefficient (Wildman–Crippen LogP) is 3.64. The van der Waals surface area contributed by atoms with Gasteiger partial charge < -0.3 is 9.47 Å². The molecule has 0 saturated carbocycles. The lowest BCUT2D eigenvalue weighted by Crippen LogP contribution is -1.99. The fraction of sp³-hybridized carbons (Fsp3) is 0.500. The van der Waals surface area contributed by atoms with Crippen molar-refractivity contribution in [1.82, 2.24) is 0 Å². The second-order valence-corrected chi connectivity index (χ2v) is 4.01. The Morgan fingerprint density at radius 2 is 1.80 bits per heavy atom. The molecule has 2 nitrogen and oxygen atoms in total. The van der Waals surface area contributed by atoms with Gasteiger partial charge in [0.1, 0.15) is 11.5 Å². The summed E-state index contributed by atoms with van der Waals surface area (Å²) in [7, 11) is 0. The van der Waals surface area contributed by atoms with Gasteiger partial charge >= 0.3 is 0 Å². The first kappa shape index (κ1) is 12.4. The summed E-state index contributed by atoms with van der Waals surface area (Å²) in [6.07, 6.45) is 2.24. The third-order valence-corrected chi connectivity index (χ3v) is 2.24. The van der Waals surface area contributed by atoms with Crippen LogP contribution in [-0.2, 0) is 0 Å². The first-order chi connectivity index (χ1) is 7.36. The first-order valence-corrected chi connectivity index (χ1v) is 6.40. The third-order valence-electron chi connectivity index (χ3n) is 1.92. The molecule has 0 aliphatic heterocycles. The fourth-order valence-electron chi connectivity index (χ4n) is 1.14. The Hall–Kier alpha value is -0.700. The molecule has 0 aliphatic rings. The van der Waals surface area contributed by atoms with Gasteiger partial charge in [0.25, 0.3) is 0 Å². The number of hydrogen-bond acceptors (Lipinski definition) is 2. The van der Waals surface area contributed by atoms with Crippen molar-refractivity contribution < 1.29 is 9.47 Å². The summed E-state index contributed by atoms with van der Waals surface area (Å²) in [6, 6.07) is 7.77. The van der Waals surface area contributed by atoms with Crippen molar-refractivity contribution in [2.45, 2.75) is 19.8 Å². The molecular formula is C12H17BrO2. The molecular weight excluding hydrogens is 256 g/mol. The summed E-state index contributed by atoms with van der Waals surface area (Å²) < 4.78 is 11.1. The van der Waals surface area contributed by atoms with Gasteiger partial charge in [-0.2, -0.15) is 0 Å². The van der Waals surface area contributed by atoms with Crippen molar-refractivity contribution >= 4 is 15.9 Å². The lowest BCUT2D eigenvalue weighted by molar-refractivity contribution is 0.303. The van der Waals surface area contributed by atoms with Crippen LogP contribution >= 0.6 is 15.9 Å². The Morgan fingerprint density at radius 3 is 2.40 bits per heavy atom. The number of benzene rings is 1. The zero-order valence-corrected chi connectivity index (χ0v) is 10.6. The molecule has 0 bridgehead atoms. The highest BCUT2D eigenvalue weighted by molar-refractivity contribution is 9.09. The zero-order valence-electron chi connectivity index (χ0n) is 9.04. The maximum Gasteiger partial charge on any atom is 0.123 e. The maximum absolute atomic E-state index is 5.58. The van der Waals surface area contributed by atoms with Crippen LogP contribution in [0.25, 0.3) is 0 Å². The van der Waals surface area contributed by atoms with Crippen molar-refractivity contribution in [2.24, 2.45) is 0 Å². The van der Waals surface area contributed by atoms with E-state index in [0.29, 0.717) is 6.61 Å². The summed E-state index contributed by atoms with van der Waals surface area (Å²) in [5.41, 5.74) is 0. The van der Waals surface area contributed by atoms with Crippen LogP contribution < -0.4 is 9.47 Å². The van der Waals surface area contributed by atoms with Gasteiger partial charge in [-0.3, -0.25) is 0 Å². The van der Waals surface area contributed by atoms with E-state index in [4.69, 9.17) is 9.47 Å². The highest BCUT2D eigenvalue weighted by atomic mass is 79.9. The maximum atomic E-state index is 5.58. The van der Waals surface area contributed by atoms with E-state index in [-0.39, 0.29) is 0 Å². The van der Waals surface area contributed by atoms with Crippen LogP contribution in [0, 0.1) is 0 Å². The second kappa shape index (κ2) is 7.57. The van der Waals surface area contributed by atoms with Crippen LogP contribution in [0.5, 0.6) is 11.5 Å². The lowest BCUT2D eigenvalue weighted by atomic mass is 10.3. The standard InChI is InChI=1S/C12H17BrO2/c1-2-3-8-14-11-5-4-6-12(10-11)15-9-7-13/h4-6,10H,2-3,7-9H2,1H3. The average molecular weight is 273 g/mol. The normalized spacial score (nSPS) is 10.0. The van der Waals surface area contributed by atoms with Crippen molar-refractivity contribution in [3.8, 4) is 11.5 Å². The van der Waals surface area contributed by atoms with Crippen molar-refractivity contribution in [1.29, 1.82) is 0 Å².